The number of ketones is 1. The molecule has 1 aliphatic rings. The number of pyridine rings is 1. The fraction of sp³-hybridized carbons (Fsp3) is 0.250. The number of carbonyl (C=O) groups is 1. The van der Waals surface area contributed by atoms with Crippen LogP contribution in [0, 0.1) is 0 Å². The summed E-state index contributed by atoms with van der Waals surface area (Å²) < 4.78 is 3.62. The van der Waals surface area contributed by atoms with Crippen LogP contribution in [0.5, 0.6) is 0 Å². The van der Waals surface area contributed by atoms with Crippen LogP contribution in [0.4, 0.5) is 5.82 Å². The molecule has 0 unspecified atom stereocenters. The largest absolute Gasteiger partial charge is 0.298 e. The lowest BCUT2D eigenvalue weighted by Gasteiger charge is -2.20. The van der Waals surface area contributed by atoms with Gasteiger partial charge in [-0.15, -0.1) is 11.6 Å². The number of halogens is 2. The molecular formula is C12H12ClIN2O. The van der Waals surface area contributed by atoms with Crippen LogP contribution >= 0.6 is 32.3 Å². The second-order valence-electron chi connectivity index (χ2n) is 3.65. The van der Waals surface area contributed by atoms with Gasteiger partial charge >= 0.3 is 0 Å². The van der Waals surface area contributed by atoms with Crippen molar-refractivity contribution >= 4 is 47.6 Å². The SMILES string of the molecule is CC1=CI=C(C)N1c1ccc(C(=O)CCl)cn1. The average Bonchev–Trinajstić information content (AvgIpc) is 2.68. The van der Waals surface area contributed by atoms with Crippen LogP contribution in [-0.2, 0) is 0 Å². The molecule has 1 aromatic heterocycles. The Morgan fingerprint density at radius 2 is 2.24 bits per heavy atom. The van der Waals surface area contributed by atoms with Crippen molar-refractivity contribution in [2.24, 2.45) is 0 Å². The molecule has 2 heterocycles. The van der Waals surface area contributed by atoms with E-state index in [1.54, 1.807) is 12.3 Å². The molecule has 0 aliphatic carbocycles. The molecule has 90 valence electrons. The molecule has 0 atom stereocenters. The van der Waals surface area contributed by atoms with Crippen LogP contribution < -0.4 is 4.90 Å². The van der Waals surface area contributed by atoms with Crippen molar-refractivity contribution in [2.75, 3.05) is 10.8 Å². The number of aromatic nitrogens is 1. The van der Waals surface area contributed by atoms with E-state index in [0.717, 1.165) is 5.82 Å². The average molecular weight is 363 g/mol. The number of rotatable bonds is 3. The first-order valence-electron chi connectivity index (χ1n) is 5.12. The van der Waals surface area contributed by atoms with E-state index in [1.165, 1.54) is 9.33 Å². The topological polar surface area (TPSA) is 33.2 Å². The van der Waals surface area contributed by atoms with Gasteiger partial charge in [-0.1, -0.05) is 20.7 Å². The van der Waals surface area contributed by atoms with E-state index in [9.17, 15) is 4.79 Å². The van der Waals surface area contributed by atoms with Gasteiger partial charge in [0.05, 0.1) is 9.51 Å². The minimum absolute atomic E-state index is 0.000297. The highest BCUT2D eigenvalue weighted by Crippen LogP contribution is 2.27. The first kappa shape index (κ1) is 12.7. The Kier molecular flexibility index (Phi) is 3.93. The Balaban J connectivity index is 2.27. The van der Waals surface area contributed by atoms with Crippen molar-refractivity contribution < 1.29 is 4.79 Å². The van der Waals surface area contributed by atoms with Crippen LogP contribution in [0.3, 0.4) is 0 Å². The lowest BCUT2D eigenvalue weighted by molar-refractivity contribution is 0.102. The van der Waals surface area contributed by atoms with Crippen molar-refractivity contribution in [3.05, 3.63) is 33.7 Å². The zero-order valence-corrected chi connectivity index (χ0v) is 12.5. The van der Waals surface area contributed by atoms with Crippen LogP contribution in [0.1, 0.15) is 24.2 Å². The molecule has 5 heteroatoms. The summed E-state index contributed by atoms with van der Waals surface area (Å²) in [5.74, 6) is 0.785. The van der Waals surface area contributed by atoms with Crippen molar-refractivity contribution in [2.45, 2.75) is 13.8 Å². The highest BCUT2D eigenvalue weighted by atomic mass is 127. The fourth-order valence-corrected chi connectivity index (χ4v) is 3.84. The van der Waals surface area contributed by atoms with Crippen LogP contribution in [0.2, 0.25) is 0 Å². The van der Waals surface area contributed by atoms with E-state index in [0.29, 0.717) is 5.56 Å². The molecule has 17 heavy (non-hydrogen) atoms. The Labute approximate surface area is 115 Å². The summed E-state index contributed by atoms with van der Waals surface area (Å²) in [4.78, 5) is 17.9. The summed E-state index contributed by atoms with van der Waals surface area (Å²) in [5.41, 5.74) is 1.79. The molecule has 0 fully saturated rings. The van der Waals surface area contributed by atoms with Gasteiger partial charge in [0.25, 0.3) is 0 Å². The van der Waals surface area contributed by atoms with E-state index >= 15 is 0 Å². The summed E-state index contributed by atoms with van der Waals surface area (Å²) in [5, 5.41) is 0. The van der Waals surface area contributed by atoms with Crippen molar-refractivity contribution in [1.82, 2.24) is 4.98 Å². The van der Waals surface area contributed by atoms with Gasteiger partial charge in [-0.25, -0.2) is 4.98 Å². The molecule has 2 rings (SSSR count). The number of Topliss-reactive ketones (excluding diaryl/α,β-unsaturated/α-hetero) is 1. The van der Waals surface area contributed by atoms with Gasteiger partial charge in [0.1, 0.15) is 5.82 Å². The number of hydrogen-bond donors (Lipinski definition) is 0. The Bertz CT molecular complexity index is 490. The van der Waals surface area contributed by atoms with Gasteiger partial charge in [-0.05, 0) is 30.1 Å². The monoisotopic (exact) mass is 362 g/mol. The molecule has 0 saturated heterocycles. The predicted molar refractivity (Wildman–Crippen MR) is 80.2 cm³/mol. The first-order chi connectivity index (χ1) is 8.13. The standard InChI is InChI=1S/C12H12ClIN2O/c1-8-6-14-9(2)16(8)12-4-3-10(7-15-12)11(17)5-13/h3-4,6-7H,5H2,1-2H3. The van der Waals surface area contributed by atoms with Crippen molar-refractivity contribution in [1.29, 1.82) is 0 Å². The van der Waals surface area contributed by atoms with Gasteiger partial charge in [-0.3, -0.25) is 9.69 Å². The van der Waals surface area contributed by atoms with Gasteiger partial charge in [0.15, 0.2) is 5.78 Å². The molecule has 0 bridgehead atoms. The van der Waals surface area contributed by atoms with Crippen LogP contribution in [0.25, 0.3) is 0 Å². The quantitative estimate of drug-likeness (QED) is 0.470. The molecule has 0 aromatic carbocycles. The minimum Gasteiger partial charge on any atom is -0.298 e. The number of nitrogens with zero attached hydrogens (tertiary/aromatic N) is 2. The highest BCUT2D eigenvalue weighted by Gasteiger charge is 2.16. The molecule has 0 saturated carbocycles. The van der Waals surface area contributed by atoms with Gasteiger partial charge in [-0.2, -0.15) is 0 Å². The Hall–Kier alpha value is -0.750. The lowest BCUT2D eigenvalue weighted by Crippen LogP contribution is -2.23. The third kappa shape index (κ3) is 2.57. The molecule has 3 nitrogen and oxygen atoms in total. The maximum absolute atomic E-state index is 11.4. The second-order valence-corrected chi connectivity index (χ2v) is 6.73. The molecule has 0 N–H and O–H groups in total. The number of carbonyl (C=O) groups excluding carboxylic acids is 1. The van der Waals surface area contributed by atoms with E-state index in [2.05, 4.69) is 27.8 Å². The smallest absolute Gasteiger partial charge is 0.179 e. The van der Waals surface area contributed by atoms with E-state index in [1.807, 2.05) is 6.07 Å². The van der Waals surface area contributed by atoms with E-state index in [4.69, 9.17) is 11.6 Å². The second kappa shape index (κ2) is 5.27. The summed E-state index contributed by atoms with van der Waals surface area (Å²) in [7, 11) is 0. The van der Waals surface area contributed by atoms with Crippen LogP contribution in [0.15, 0.2) is 28.1 Å². The third-order valence-corrected chi connectivity index (χ3v) is 5.29. The Morgan fingerprint density at radius 3 is 2.71 bits per heavy atom. The summed E-state index contributed by atoms with van der Waals surface area (Å²) in [6.45, 7) is 4.20. The predicted octanol–water partition coefficient (Wildman–Crippen LogP) is 3.30. The molecule has 0 spiro atoms. The fourth-order valence-electron chi connectivity index (χ4n) is 1.60. The molecule has 1 aliphatic heterocycles. The molecule has 0 amide bonds. The normalized spacial score (nSPS) is 15.1. The molecule has 1 aromatic rings. The maximum Gasteiger partial charge on any atom is 0.179 e. The maximum atomic E-state index is 11.4. The number of anilines is 1. The lowest BCUT2D eigenvalue weighted by atomic mass is 10.2. The Morgan fingerprint density at radius 1 is 1.47 bits per heavy atom. The highest BCUT2D eigenvalue weighted by molar-refractivity contribution is 14.2. The van der Waals surface area contributed by atoms with Gasteiger partial charge in [0, 0.05) is 17.5 Å². The van der Waals surface area contributed by atoms with Gasteiger partial charge in [0.2, 0.25) is 0 Å². The van der Waals surface area contributed by atoms with E-state index in [-0.39, 0.29) is 32.4 Å². The summed E-state index contributed by atoms with van der Waals surface area (Å²) in [6, 6.07) is 3.65. The van der Waals surface area contributed by atoms with Crippen molar-refractivity contribution in [3.63, 3.8) is 0 Å². The zero-order chi connectivity index (χ0) is 12.4. The van der Waals surface area contributed by atoms with E-state index < -0.39 is 0 Å². The summed E-state index contributed by atoms with van der Waals surface area (Å²) in [6.07, 6.45) is 1.59. The van der Waals surface area contributed by atoms with Crippen molar-refractivity contribution in [3.8, 4) is 0 Å². The first-order valence-corrected chi connectivity index (χ1v) is 7.98. The molecular weight excluding hydrogens is 351 g/mol. The minimum atomic E-state index is -0.0903. The molecule has 0 radical (unpaired) electrons. The zero-order valence-electron chi connectivity index (χ0n) is 9.58. The summed E-state index contributed by atoms with van der Waals surface area (Å²) >= 11 is 5.50. The number of alkyl halides is 1. The third-order valence-electron chi connectivity index (χ3n) is 2.45. The van der Waals surface area contributed by atoms with Crippen LogP contribution in [-0.4, -0.2) is 20.3 Å². The number of allylic oxidation sites excluding steroid dienone is 1. The number of hydrogen-bond acceptors (Lipinski definition) is 3. The van der Waals surface area contributed by atoms with Gasteiger partial charge < -0.3 is 0 Å².